The second-order valence-electron chi connectivity index (χ2n) is 16.9. The molecular weight excluding hydrogens is 769 g/mol. The van der Waals surface area contributed by atoms with Crippen LogP contribution in [0.3, 0.4) is 0 Å². The van der Waals surface area contributed by atoms with Crippen LogP contribution in [-0.4, -0.2) is 126 Å². The fourth-order valence-electron chi connectivity index (χ4n) is 8.79. The molecule has 0 aromatic carbocycles. The van der Waals surface area contributed by atoms with E-state index < -0.39 is 83.4 Å². The lowest BCUT2D eigenvalue weighted by Gasteiger charge is -2.47. The lowest BCUT2D eigenvalue weighted by Crippen LogP contribution is -2.60. The number of alkyl carbamates (subject to hydrolysis) is 1. The number of nitrogens with zero attached hydrogens (tertiary/aromatic N) is 2. The number of methoxy groups -OCH3 is 1. The predicted octanol–water partition coefficient (Wildman–Crippen LogP) is 3.94. The second kappa shape index (κ2) is 18.6. The molecule has 58 heavy (non-hydrogen) atoms. The number of aliphatic hydroxyl groups excluding tert-OH is 1. The number of thiophene rings is 1. The number of Topliss-reactive ketones (excluding diaryl/α,β-unsaturated/α-hetero) is 2. The summed E-state index contributed by atoms with van der Waals surface area (Å²) in [5.41, 5.74) is -1.25. The first kappa shape index (κ1) is 45.3. The molecule has 2 aromatic rings. The average Bonchev–Trinajstić information content (AvgIpc) is 3.83. The van der Waals surface area contributed by atoms with Gasteiger partial charge in [0.1, 0.15) is 23.9 Å². The van der Waals surface area contributed by atoms with Crippen LogP contribution in [-0.2, 0) is 49.3 Å². The van der Waals surface area contributed by atoms with Gasteiger partial charge in [0.15, 0.2) is 17.7 Å². The normalized spacial score (nSPS) is 36.4. The number of hydrogen-bond donors (Lipinski definition) is 3. The van der Waals surface area contributed by atoms with E-state index in [9.17, 15) is 29.1 Å². The number of carbonyl (C=O) groups excluding carboxylic acids is 5. The van der Waals surface area contributed by atoms with Gasteiger partial charge >= 0.3 is 12.1 Å². The minimum absolute atomic E-state index is 0.00450. The van der Waals surface area contributed by atoms with Crippen LogP contribution in [0.25, 0.3) is 10.4 Å². The number of amides is 2. The monoisotopic (exact) mass is 828 g/mol. The van der Waals surface area contributed by atoms with Crippen molar-refractivity contribution in [2.45, 2.75) is 128 Å². The summed E-state index contributed by atoms with van der Waals surface area (Å²) in [5.74, 6) is -5.81. The molecule has 2 aromatic heterocycles. The Kier molecular flexibility index (Phi) is 14.6. The third-order valence-corrected chi connectivity index (χ3v) is 13.2. The van der Waals surface area contributed by atoms with Gasteiger partial charge in [-0.2, -0.15) is 0 Å². The van der Waals surface area contributed by atoms with Gasteiger partial charge in [0.25, 0.3) is 0 Å². The number of esters is 1. The Balaban J connectivity index is 1.42. The predicted molar refractivity (Wildman–Crippen MR) is 215 cm³/mol. The van der Waals surface area contributed by atoms with Crippen LogP contribution >= 0.6 is 11.3 Å². The van der Waals surface area contributed by atoms with Crippen molar-refractivity contribution in [3.8, 4) is 10.4 Å². The Morgan fingerprint density at radius 1 is 1.09 bits per heavy atom. The number of ether oxygens (including phenoxy) is 5. The summed E-state index contributed by atoms with van der Waals surface area (Å²) < 4.78 is 30.7. The van der Waals surface area contributed by atoms with Gasteiger partial charge in [0.2, 0.25) is 5.91 Å². The van der Waals surface area contributed by atoms with Crippen LogP contribution in [0.2, 0.25) is 0 Å². The molecule has 0 radical (unpaired) electrons. The van der Waals surface area contributed by atoms with Gasteiger partial charge in [-0.05, 0) is 77.7 Å². The zero-order valence-corrected chi connectivity index (χ0v) is 36.0. The molecule has 320 valence electrons. The summed E-state index contributed by atoms with van der Waals surface area (Å²) in [7, 11) is 5.17. The summed E-state index contributed by atoms with van der Waals surface area (Å²) in [6.07, 6.45) is -1.54. The van der Waals surface area contributed by atoms with E-state index in [1.54, 1.807) is 58.3 Å². The van der Waals surface area contributed by atoms with Crippen molar-refractivity contribution in [3.63, 3.8) is 0 Å². The van der Waals surface area contributed by atoms with Gasteiger partial charge in [-0.25, -0.2) is 4.79 Å². The van der Waals surface area contributed by atoms with E-state index in [2.05, 4.69) is 15.6 Å². The summed E-state index contributed by atoms with van der Waals surface area (Å²) in [4.78, 5) is 76.2. The first-order valence-electron chi connectivity index (χ1n) is 20.0. The van der Waals surface area contributed by atoms with Crippen LogP contribution in [0.5, 0.6) is 0 Å². The molecule has 3 N–H and O–H groups in total. The van der Waals surface area contributed by atoms with Crippen molar-refractivity contribution < 1.29 is 52.8 Å². The van der Waals surface area contributed by atoms with Crippen LogP contribution in [0.4, 0.5) is 4.79 Å². The molecule has 3 fully saturated rings. The SMILES string of the molecule is CO[C@]1(C)C[C@@H](C)C(=O)[C@H](C)[C@H]2NC(=O)O[C@]2(C)[C@@H](CCNC(=O)Cc2cncc(-c3cccs3)c2)OC(=O)[C@H](C)C(=O)[C@H](C)[C@H]1OC1OC(C)CC(N(C)C)C1O. The molecule has 5 rings (SSSR count). The molecule has 5 heterocycles. The number of fused-ring (bicyclic) bond motifs is 1. The Hall–Kier alpha value is -3.80. The zero-order valence-electron chi connectivity index (χ0n) is 35.2. The van der Waals surface area contributed by atoms with E-state index in [1.807, 2.05) is 49.5 Å². The van der Waals surface area contributed by atoms with E-state index in [0.29, 0.717) is 12.0 Å². The number of pyridine rings is 1. The fraction of sp³-hybridized carbons (Fsp3) is 0.667. The molecule has 4 unspecified atom stereocenters. The van der Waals surface area contributed by atoms with Gasteiger partial charge < -0.3 is 44.3 Å². The number of cyclic esters (lactones) is 1. The van der Waals surface area contributed by atoms with Crippen molar-refractivity contribution in [1.82, 2.24) is 20.5 Å². The number of aliphatic hydroxyl groups is 1. The van der Waals surface area contributed by atoms with Gasteiger partial charge in [-0.1, -0.05) is 26.8 Å². The number of likely N-dealkylation sites (N-methyl/N-ethyl adjacent to an activating group) is 1. The number of nitrogens with one attached hydrogen (secondary N) is 2. The second-order valence-corrected chi connectivity index (χ2v) is 17.8. The molecule has 0 saturated carbocycles. The molecule has 3 aliphatic rings. The van der Waals surface area contributed by atoms with Crippen molar-refractivity contribution in [1.29, 1.82) is 0 Å². The third-order valence-electron chi connectivity index (χ3n) is 12.2. The van der Waals surface area contributed by atoms with Crippen LogP contribution < -0.4 is 10.6 Å². The Labute approximate surface area is 344 Å². The highest BCUT2D eigenvalue weighted by Gasteiger charge is 2.57. The van der Waals surface area contributed by atoms with Gasteiger partial charge in [0.05, 0.1) is 30.3 Å². The quantitative estimate of drug-likeness (QED) is 0.231. The fourth-order valence-corrected chi connectivity index (χ4v) is 9.50. The van der Waals surface area contributed by atoms with Crippen LogP contribution in [0.15, 0.2) is 36.0 Å². The standard InChI is InChI=1S/C42H60N4O11S/c1-22-19-41(6,53-10)37(56-39-35(50)29(46(8)9)16-23(2)54-39)25(4)34(49)26(5)38(51)55-31(42(7)36(24(3)33(22)48)45-40(52)57-42)13-14-44-32(47)18-27-17-28(21-43-20-27)30-12-11-15-58-30/h11-12,15,17,20-26,29,31,35-37,39,50H,13-14,16,18-19H2,1-10H3,(H,44,47)(H,45,52)/t22-,23?,24+,25+,26-,29?,31-,35?,36-,37-,39?,41-,42-/m1/s1. The number of carbonyl (C=O) groups is 5. The maximum atomic E-state index is 14.4. The topological polar surface area (TPSA) is 192 Å². The first-order valence-corrected chi connectivity index (χ1v) is 20.9. The number of hydrogen-bond acceptors (Lipinski definition) is 14. The highest BCUT2D eigenvalue weighted by atomic mass is 32.1. The van der Waals surface area contributed by atoms with Gasteiger partial charge in [-0.3, -0.25) is 24.2 Å². The smallest absolute Gasteiger partial charge is 0.408 e. The van der Waals surface area contributed by atoms with Crippen molar-refractivity contribution in [3.05, 3.63) is 41.5 Å². The maximum absolute atomic E-state index is 14.4. The van der Waals surface area contributed by atoms with Crippen molar-refractivity contribution in [2.24, 2.45) is 23.7 Å². The zero-order chi connectivity index (χ0) is 42.7. The average molecular weight is 829 g/mol. The van der Waals surface area contributed by atoms with Gasteiger partial charge in [0, 0.05) is 66.7 Å². The molecule has 13 atom stereocenters. The lowest BCUT2D eigenvalue weighted by molar-refractivity contribution is -0.295. The highest BCUT2D eigenvalue weighted by Crippen LogP contribution is 2.40. The van der Waals surface area contributed by atoms with Crippen molar-refractivity contribution in [2.75, 3.05) is 27.7 Å². The molecule has 3 saturated heterocycles. The number of aromatic nitrogens is 1. The number of ketones is 2. The third kappa shape index (κ3) is 9.79. The first-order chi connectivity index (χ1) is 27.3. The molecule has 0 bridgehead atoms. The van der Waals surface area contributed by atoms with Gasteiger partial charge in [-0.15, -0.1) is 11.3 Å². The Morgan fingerprint density at radius 2 is 1.81 bits per heavy atom. The summed E-state index contributed by atoms with van der Waals surface area (Å²) in [6.45, 7) is 11.7. The summed E-state index contributed by atoms with van der Waals surface area (Å²) in [6, 6.07) is 4.57. The highest BCUT2D eigenvalue weighted by molar-refractivity contribution is 7.13. The van der Waals surface area contributed by atoms with Crippen LogP contribution in [0, 0.1) is 23.7 Å². The molecular formula is C42H60N4O11S. The van der Waals surface area contributed by atoms with Crippen LogP contribution in [0.1, 0.15) is 73.3 Å². The molecule has 2 amide bonds. The van der Waals surface area contributed by atoms with E-state index in [4.69, 9.17) is 23.7 Å². The molecule has 16 heteroatoms. The minimum atomic E-state index is -1.56. The van der Waals surface area contributed by atoms with Crippen molar-refractivity contribution >= 4 is 40.9 Å². The Bertz CT molecular complexity index is 1790. The van der Waals surface area contributed by atoms with E-state index >= 15 is 0 Å². The largest absolute Gasteiger partial charge is 0.457 e. The summed E-state index contributed by atoms with van der Waals surface area (Å²) >= 11 is 1.57. The minimum Gasteiger partial charge on any atom is -0.457 e. The Morgan fingerprint density at radius 3 is 2.47 bits per heavy atom. The van der Waals surface area contributed by atoms with E-state index in [-0.39, 0.29) is 49.6 Å². The maximum Gasteiger partial charge on any atom is 0.408 e. The molecule has 3 aliphatic heterocycles. The molecule has 15 nitrogen and oxygen atoms in total. The van der Waals surface area contributed by atoms with E-state index in [1.165, 1.54) is 14.0 Å². The lowest BCUT2D eigenvalue weighted by atomic mass is 9.73. The summed E-state index contributed by atoms with van der Waals surface area (Å²) in [5, 5.41) is 19.0. The number of rotatable bonds is 10. The van der Waals surface area contributed by atoms with E-state index in [0.717, 1.165) is 10.4 Å². The molecule has 0 aliphatic carbocycles. The molecule has 0 spiro atoms.